The lowest BCUT2D eigenvalue weighted by molar-refractivity contribution is 0.0953. The van der Waals surface area contributed by atoms with E-state index in [2.05, 4.69) is 31.3 Å². The summed E-state index contributed by atoms with van der Waals surface area (Å²) in [7, 11) is 0. The average Bonchev–Trinajstić information content (AvgIpc) is 2.73. The number of nitriles is 1. The Morgan fingerprint density at radius 3 is 2.74 bits per heavy atom. The third-order valence-electron chi connectivity index (χ3n) is 4.96. The molecule has 1 aliphatic rings. The number of carbonyl (C=O) groups excluding carboxylic acids is 1. The van der Waals surface area contributed by atoms with E-state index >= 15 is 0 Å². The second-order valence-electron chi connectivity index (χ2n) is 6.54. The Morgan fingerprint density at radius 2 is 2.11 bits per heavy atom. The van der Waals surface area contributed by atoms with Gasteiger partial charge in [0.25, 0.3) is 5.91 Å². The number of alkyl halides is 1. The zero-order chi connectivity index (χ0) is 19.4. The molecular formula is C19H19BrClN5O. The Labute approximate surface area is 171 Å². The number of nitrogens with two attached hydrogens (primary N) is 1. The Balaban J connectivity index is 2.25. The first-order chi connectivity index (χ1) is 13.1. The molecule has 1 saturated carbocycles. The van der Waals surface area contributed by atoms with Crippen LogP contribution < -0.4 is 11.3 Å². The smallest absolute Gasteiger partial charge is 0.265 e. The minimum absolute atomic E-state index is 0.0304. The molecule has 1 aromatic carbocycles. The minimum atomic E-state index is -0.375. The van der Waals surface area contributed by atoms with Gasteiger partial charge in [-0.3, -0.25) is 10.2 Å². The van der Waals surface area contributed by atoms with Crippen molar-refractivity contribution in [1.29, 1.82) is 5.26 Å². The van der Waals surface area contributed by atoms with Gasteiger partial charge in [0, 0.05) is 16.5 Å². The Kier molecular flexibility index (Phi) is 6.42. The van der Waals surface area contributed by atoms with Gasteiger partial charge in [0.15, 0.2) is 0 Å². The number of benzene rings is 1. The molecule has 0 bridgehead atoms. The number of nitrogen functional groups attached to an aromatic ring is 1. The SMILES string of the molecule is N#Cc1ncc(Cl)c(-c2cc(C(=O)NN)cc(C3CCCCC3)c2CBr)n1. The highest BCUT2D eigenvalue weighted by atomic mass is 79.9. The van der Waals surface area contributed by atoms with E-state index in [1.807, 2.05) is 12.1 Å². The number of hydrogen-bond acceptors (Lipinski definition) is 5. The van der Waals surface area contributed by atoms with Gasteiger partial charge in [0.05, 0.1) is 16.9 Å². The normalized spacial score (nSPS) is 14.6. The van der Waals surface area contributed by atoms with Crippen LogP contribution in [-0.4, -0.2) is 15.9 Å². The van der Waals surface area contributed by atoms with Gasteiger partial charge >= 0.3 is 0 Å². The predicted molar refractivity (Wildman–Crippen MR) is 107 cm³/mol. The lowest BCUT2D eigenvalue weighted by Gasteiger charge is -2.26. The van der Waals surface area contributed by atoms with E-state index in [-0.39, 0.29) is 11.7 Å². The summed E-state index contributed by atoms with van der Waals surface area (Å²) < 4.78 is 0. The molecule has 1 heterocycles. The van der Waals surface area contributed by atoms with Crippen molar-refractivity contribution in [2.75, 3.05) is 0 Å². The van der Waals surface area contributed by atoms with Crippen LogP contribution in [0.3, 0.4) is 0 Å². The van der Waals surface area contributed by atoms with Crippen LogP contribution in [0.1, 0.15) is 65.3 Å². The number of aromatic nitrogens is 2. The number of halogens is 2. The van der Waals surface area contributed by atoms with Crippen molar-refractivity contribution in [2.45, 2.75) is 43.4 Å². The molecule has 0 radical (unpaired) electrons. The molecule has 1 aromatic heterocycles. The third-order valence-corrected chi connectivity index (χ3v) is 5.79. The van der Waals surface area contributed by atoms with E-state index < -0.39 is 0 Å². The van der Waals surface area contributed by atoms with Crippen molar-refractivity contribution in [3.05, 3.63) is 45.9 Å². The molecule has 1 amide bonds. The third kappa shape index (κ3) is 4.13. The molecule has 1 aliphatic carbocycles. The highest BCUT2D eigenvalue weighted by Gasteiger charge is 2.24. The Hall–Kier alpha value is -2.01. The molecule has 8 heteroatoms. The molecule has 0 aliphatic heterocycles. The summed E-state index contributed by atoms with van der Waals surface area (Å²) in [5, 5.41) is 10.1. The molecule has 0 atom stereocenters. The monoisotopic (exact) mass is 447 g/mol. The van der Waals surface area contributed by atoms with Crippen LogP contribution in [0, 0.1) is 11.3 Å². The summed E-state index contributed by atoms with van der Waals surface area (Å²) in [5.41, 5.74) is 5.95. The summed E-state index contributed by atoms with van der Waals surface area (Å²) in [5.74, 6) is 5.39. The van der Waals surface area contributed by atoms with Crippen LogP contribution >= 0.6 is 27.5 Å². The Morgan fingerprint density at radius 1 is 1.37 bits per heavy atom. The molecule has 3 rings (SSSR count). The van der Waals surface area contributed by atoms with Crippen LogP contribution in [0.5, 0.6) is 0 Å². The summed E-state index contributed by atoms with van der Waals surface area (Å²) in [6.07, 6.45) is 7.14. The molecule has 0 saturated heterocycles. The van der Waals surface area contributed by atoms with Gasteiger partial charge < -0.3 is 0 Å². The summed E-state index contributed by atoms with van der Waals surface area (Å²) in [6, 6.07) is 5.57. The molecule has 0 spiro atoms. The number of hydrogen-bond donors (Lipinski definition) is 2. The van der Waals surface area contributed by atoms with Crippen LogP contribution in [-0.2, 0) is 5.33 Å². The van der Waals surface area contributed by atoms with Crippen molar-refractivity contribution in [2.24, 2.45) is 5.84 Å². The maximum Gasteiger partial charge on any atom is 0.265 e. The first-order valence-corrected chi connectivity index (χ1v) is 10.3. The highest BCUT2D eigenvalue weighted by Crippen LogP contribution is 2.40. The maximum atomic E-state index is 12.3. The quantitative estimate of drug-likeness (QED) is 0.315. The largest absolute Gasteiger partial charge is 0.290 e. The van der Waals surface area contributed by atoms with Gasteiger partial charge in [-0.1, -0.05) is 46.8 Å². The standard InChI is InChI=1S/C19H19BrClN5O/c20-8-15-13(11-4-2-1-3-5-11)6-12(19(27)26-23)7-14(15)18-16(21)10-24-17(9-22)25-18/h6-7,10-11H,1-5,8,23H2,(H,26,27). The molecule has 140 valence electrons. The lowest BCUT2D eigenvalue weighted by Crippen LogP contribution is -2.30. The number of amides is 1. The van der Waals surface area contributed by atoms with Crippen molar-refractivity contribution < 1.29 is 4.79 Å². The van der Waals surface area contributed by atoms with Crippen molar-refractivity contribution in [1.82, 2.24) is 15.4 Å². The zero-order valence-corrected chi connectivity index (χ0v) is 17.0. The number of nitrogens with zero attached hydrogens (tertiary/aromatic N) is 3. The number of nitrogens with one attached hydrogen (secondary N) is 1. The predicted octanol–water partition coefficient (Wildman–Crippen LogP) is 4.21. The molecular weight excluding hydrogens is 430 g/mol. The van der Waals surface area contributed by atoms with Crippen molar-refractivity contribution in [3.63, 3.8) is 0 Å². The van der Waals surface area contributed by atoms with E-state index in [4.69, 9.17) is 22.7 Å². The van der Waals surface area contributed by atoms with E-state index in [9.17, 15) is 4.79 Å². The summed E-state index contributed by atoms with van der Waals surface area (Å²) >= 11 is 9.93. The average molecular weight is 449 g/mol. The van der Waals surface area contributed by atoms with E-state index in [0.29, 0.717) is 27.5 Å². The van der Waals surface area contributed by atoms with Gasteiger partial charge in [-0.15, -0.1) is 0 Å². The van der Waals surface area contributed by atoms with Crippen LogP contribution in [0.25, 0.3) is 11.3 Å². The van der Waals surface area contributed by atoms with Crippen LogP contribution in [0.4, 0.5) is 0 Å². The lowest BCUT2D eigenvalue weighted by atomic mass is 9.80. The minimum Gasteiger partial charge on any atom is -0.290 e. The summed E-state index contributed by atoms with van der Waals surface area (Å²) in [6.45, 7) is 0. The number of carbonyl (C=O) groups is 1. The first kappa shape index (κ1) is 19.7. The van der Waals surface area contributed by atoms with E-state index in [0.717, 1.165) is 29.5 Å². The zero-order valence-electron chi connectivity index (χ0n) is 14.6. The number of hydrazine groups is 1. The molecule has 27 heavy (non-hydrogen) atoms. The van der Waals surface area contributed by atoms with Crippen molar-refractivity contribution in [3.8, 4) is 17.3 Å². The first-order valence-electron chi connectivity index (χ1n) is 8.75. The van der Waals surface area contributed by atoms with Crippen molar-refractivity contribution >= 4 is 33.4 Å². The maximum absolute atomic E-state index is 12.3. The van der Waals surface area contributed by atoms with E-state index in [1.54, 1.807) is 6.07 Å². The molecule has 2 aromatic rings. The molecule has 6 nitrogen and oxygen atoms in total. The molecule has 1 fully saturated rings. The van der Waals surface area contributed by atoms with E-state index in [1.165, 1.54) is 25.5 Å². The van der Waals surface area contributed by atoms with Gasteiger partial charge in [0.1, 0.15) is 6.07 Å². The fraction of sp³-hybridized carbons (Fsp3) is 0.368. The van der Waals surface area contributed by atoms with Gasteiger partial charge in [0.2, 0.25) is 5.82 Å². The second-order valence-corrected chi connectivity index (χ2v) is 7.50. The van der Waals surface area contributed by atoms with Gasteiger partial charge in [-0.2, -0.15) is 5.26 Å². The Bertz CT molecular complexity index is 906. The second kappa shape index (κ2) is 8.79. The topological polar surface area (TPSA) is 105 Å². The summed E-state index contributed by atoms with van der Waals surface area (Å²) in [4.78, 5) is 20.5. The van der Waals surface area contributed by atoms with Crippen LogP contribution in [0.2, 0.25) is 5.02 Å². The molecule has 0 unspecified atom stereocenters. The van der Waals surface area contributed by atoms with Crippen LogP contribution in [0.15, 0.2) is 18.3 Å². The highest BCUT2D eigenvalue weighted by molar-refractivity contribution is 9.08. The number of rotatable bonds is 4. The fourth-order valence-corrected chi connectivity index (χ4v) is 4.48. The molecule has 3 N–H and O–H groups in total. The van der Waals surface area contributed by atoms with Gasteiger partial charge in [-0.05, 0) is 42.0 Å². The van der Waals surface area contributed by atoms with Gasteiger partial charge in [-0.25, -0.2) is 15.8 Å². The fourth-order valence-electron chi connectivity index (χ4n) is 3.66.